The summed E-state index contributed by atoms with van der Waals surface area (Å²) in [5.74, 6) is -0.666. The van der Waals surface area contributed by atoms with Crippen LogP contribution < -0.4 is 10.9 Å². The molecule has 0 radical (unpaired) electrons. The maximum atomic E-state index is 13.0. The molecule has 1 atom stereocenters. The second-order valence-electron chi connectivity index (χ2n) is 6.27. The Morgan fingerprint density at radius 1 is 1.24 bits per heavy atom. The van der Waals surface area contributed by atoms with Crippen molar-refractivity contribution in [2.24, 2.45) is 5.92 Å². The number of nitrogens with one attached hydrogen (secondary N) is 1. The zero-order valence-electron chi connectivity index (χ0n) is 13.7. The highest BCUT2D eigenvalue weighted by Gasteiger charge is 2.23. The van der Waals surface area contributed by atoms with Gasteiger partial charge in [-0.2, -0.15) is 9.78 Å². The van der Waals surface area contributed by atoms with Crippen molar-refractivity contribution >= 4 is 5.91 Å². The predicted octanol–water partition coefficient (Wildman–Crippen LogP) is 1.65. The second kappa shape index (κ2) is 7.57. The minimum atomic E-state index is -0.575. The lowest BCUT2D eigenvalue weighted by Crippen LogP contribution is -2.36. The van der Waals surface area contributed by atoms with Gasteiger partial charge in [0.25, 0.3) is 11.5 Å². The third kappa shape index (κ3) is 4.11. The van der Waals surface area contributed by atoms with Gasteiger partial charge in [0.15, 0.2) is 0 Å². The van der Waals surface area contributed by atoms with Gasteiger partial charge in [0, 0.05) is 12.6 Å². The van der Waals surface area contributed by atoms with E-state index in [1.54, 1.807) is 0 Å². The highest BCUT2D eigenvalue weighted by Crippen LogP contribution is 2.27. The normalized spacial score (nSPS) is 15.9. The highest BCUT2D eigenvalue weighted by molar-refractivity contribution is 5.92. The Balaban J connectivity index is 1.71. The van der Waals surface area contributed by atoms with Crippen LogP contribution in [-0.2, 0) is 0 Å². The van der Waals surface area contributed by atoms with Gasteiger partial charge in [-0.3, -0.25) is 9.59 Å². The molecule has 7 heteroatoms. The Labute approximate surface area is 144 Å². The largest absolute Gasteiger partial charge is 0.391 e. The highest BCUT2D eigenvalue weighted by atomic mass is 19.1. The summed E-state index contributed by atoms with van der Waals surface area (Å²) in [5, 5.41) is 16.8. The number of amides is 1. The number of rotatable bonds is 5. The minimum Gasteiger partial charge on any atom is -0.391 e. The first kappa shape index (κ1) is 17.3. The van der Waals surface area contributed by atoms with E-state index in [4.69, 9.17) is 0 Å². The first-order valence-corrected chi connectivity index (χ1v) is 8.37. The molecule has 1 amide bonds. The first-order valence-electron chi connectivity index (χ1n) is 8.37. The van der Waals surface area contributed by atoms with Crippen LogP contribution in [0.4, 0.5) is 4.39 Å². The van der Waals surface area contributed by atoms with Crippen LogP contribution in [0.5, 0.6) is 0 Å². The van der Waals surface area contributed by atoms with Crippen LogP contribution in [0, 0.1) is 11.7 Å². The van der Waals surface area contributed by atoms with Gasteiger partial charge in [0.05, 0.1) is 11.8 Å². The molecule has 1 aromatic heterocycles. The monoisotopic (exact) mass is 345 g/mol. The third-order valence-corrected chi connectivity index (χ3v) is 4.52. The van der Waals surface area contributed by atoms with Crippen molar-refractivity contribution in [2.75, 3.05) is 6.54 Å². The molecule has 0 aliphatic heterocycles. The molecule has 3 rings (SSSR count). The summed E-state index contributed by atoms with van der Waals surface area (Å²) in [6.45, 7) is 0.154. The Kier molecular flexibility index (Phi) is 5.23. The van der Waals surface area contributed by atoms with Crippen LogP contribution in [0.2, 0.25) is 0 Å². The van der Waals surface area contributed by atoms with Gasteiger partial charge in [0.1, 0.15) is 11.5 Å². The summed E-state index contributed by atoms with van der Waals surface area (Å²) >= 11 is 0. The fourth-order valence-corrected chi connectivity index (χ4v) is 3.10. The van der Waals surface area contributed by atoms with Crippen LogP contribution >= 0.6 is 0 Å². The Morgan fingerprint density at radius 3 is 2.60 bits per heavy atom. The van der Waals surface area contributed by atoms with Gasteiger partial charge in [-0.05, 0) is 49.1 Å². The summed E-state index contributed by atoms with van der Waals surface area (Å²) in [6.07, 6.45) is 3.60. The number of halogens is 1. The number of aliphatic hydroxyl groups excluding tert-OH is 1. The molecule has 6 nitrogen and oxygen atoms in total. The van der Waals surface area contributed by atoms with Crippen LogP contribution in [0.15, 0.2) is 41.2 Å². The number of aliphatic hydroxyl groups is 1. The van der Waals surface area contributed by atoms with Gasteiger partial charge in [-0.1, -0.05) is 12.8 Å². The molecule has 0 bridgehead atoms. The van der Waals surface area contributed by atoms with Gasteiger partial charge in [0.2, 0.25) is 0 Å². The van der Waals surface area contributed by atoms with Crippen LogP contribution in [0.3, 0.4) is 0 Å². The Hall–Kier alpha value is -2.54. The molecule has 1 fully saturated rings. The molecule has 1 heterocycles. The predicted molar refractivity (Wildman–Crippen MR) is 90.1 cm³/mol. The van der Waals surface area contributed by atoms with Gasteiger partial charge < -0.3 is 10.4 Å². The Morgan fingerprint density at radius 2 is 1.92 bits per heavy atom. The molecule has 2 aromatic rings. The van der Waals surface area contributed by atoms with E-state index in [9.17, 15) is 19.1 Å². The second-order valence-corrected chi connectivity index (χ2v) is 6.27. The van der Waals surface area contributed by atoms with Crippen molar-refractivity contribution in [1.29, 1.82) is 0 Å². The molecular weight excluding hydrogens is 325 g/mol. The zero-order chi connectivity index (χ0) is 17.8. The smallest absolute Gasteiger partial charge is 0.271 e. The Bertz CT molecular complexity index is 798. The van der Waals surface area contributed by atoms with E-state index in [1.165, 1.54) is 36.4 Å². The number of nitrogens with zero attached hydrogens (tertiary/aromatic N) is 2. The molecule has 1 aromatic carbocycles. The molecule has 1 unspecified atom stereocenters. The number of carbonyl (C=O) groups is 1. The maximum Gasteiger partial charge on any atom is 0.271 e. The van der Waals surface area contributed by atoms with Gasteiger partial charge in [-0.15, -0.1) is 0 Å². The summed E-state index contributed by atoms with van der Waals surface area (Å²) < 4.78 is 14.1. The molecule has 132 valence electrons. The van der Waals surface area contributed by atoms with Crippen LogP contribution in [0.1, 0.15) is 36.2 Å². The molecule has 0 spiro atoms. The fourth-order valence-electron chi connectivity index (χ4n) is 3.10. The minimum absolute atomic E-state index is 0.0579. The molecule has 1 aliphatic carbocycles. The topological polar surface area (TPSA) is 84.2 Å². The average molecular weight is 345 g/mol. The van der Waals surface area contributed by atoms with Crippen molar-refractivity contribution in [3.8, 4) is 5.69 Å². The molecule has 25 heavy (non-hydrogen) atoms. The van der Waals surface area contributed by atoms with E-state index in [-0.39, 0.29) is 18.2 Å². The van der Waals surface area contributed by atoms with Gasteiger partial charge >= 0.3 is 0 Å². The van der Waals surface area contributed by atoms with Crippen molar-refractivity contribution in [1.82, 2.24) is 15.1 Å². The number of hydrogen-bond donors (Lipinski definition) is 2. The lowest BCUT2D eigenvalue weighted by atomic mass is 10.0. The number of benzene rings is 1. The summed E-state index contributed by atoms with van der Waals surface area (Å²) in [5.41, 5.74) is 0.00346. The zero-order valence-corrected chi connectivity index (χ0v) is 13.7. The van der Waals surface area contributed by atoms with E-state index in [0.717, 1.165) is 30.4 Å². The van der Waals surface area contributed by atoms with Crippen molar-refractivity contribution in [2.45, 2.75) is 31.8 Å². The quantitative estimate of drug-likeness (QED) is 0.863. The van der Waals surface area contributed by atoms with Crippen molar-refractivity contribution < 1.29 is 14.3 Å². The standard InChI is InChI=1S/C18H20FN3O3/c19-13-5-7-14(8-6-13)22-17(24)10-9-15(21-22)18(25)20-11-16(23)12-3-1-2-4-12/h5-10,12,16,23H,1-4,11H2,(H,20,25). The van der Waals surface area contributed by atoms with Crippen LogP contribution in [-0.4, -0.2) is 33.4 Å². The fraction of sp³-hybridized carbons (Fsp3) is 0.389. The number of hydrogen-bond acceptors (Lipinski definition) is 4. The summed E-state index contributed by atoms with van der Waals surface area (Å²) in [7, 11) is 0. The van der Waals surface area contributed by atoms with E-state index in [2.05, 4.69) is 10.4 Å². The molecule has 2 N–H and O–H groups in total. The van der Waals surface area contributed by atoms with Gasteiger partial charge in [-0.25, -0.2) is 4.39 Å². The SMILES string of the molecule is O=C(NCC(O)C1CCCC1)c1ccc(=O)n(-c2ccc(F)cc2)n1. The van der Waals surface area contributed by atoms with E-state index >= 15 is 0 Å². The molecular formula is C18H20FN3O3. The maximum absolute atomic E-state index is 13.0. The average Bonchev–Trinajstić information content (AvgIpc) is 3.15. The first-order chi connectivity index (χ1) is 12.0. The third-order valence-electron chi connectivity index (χ3n) is 4.52. The lowest BCUT2D eigenvalue weighted by molar-refractivity contribution is 0.0835. The van der Waals surface area contributed by atoms with Crippen molar-refractivity contribution in [3.05, 3.63) is 58.3 Å². The van der Waals surface area contributed by atoms with Crippen LogP contribution in [0.25, 0.3) is 5.69 Å². The number of aromatic nitrogens is 2. The molecule has 1 aliphatic rings. The molecule has 1 saturated carbocycles. The number of carbonyl (C=O) groups excluding carboxylic acids is 1. The summed E-state index contributed by atoms with van der Waals surface area (Å²) in [6, 6.07) is 7.82. The van der Waals surface area contributed by atoms with E-state index in [1.807, 2.05) is 0 Å². The van der Waals surface area contributed by atoms with Crippen molar-refractivity contribution in [3.63, 3.8) is 0 Å². The van der Waals surface area contributed by atoms with E-state index < -0.39 is 23.4 Å². The lowest BCUT2D eigenvalue weighted by Gasteiger charge is -2.18. The molecule has 0 saturated heterocycles. The van der Waals surface area contributed by atoms with E-state index in [0.29, 0.717) is 5.69 Å². The summed E-state index contributed by atoms with van der Waals surface area (Å²) in [4.78, 5) is 24.2.